The Hall–Kier alpha value is -1.61. The molecular weight excluding hydrogens is 196 g/mol. The first-order valence-electron chi connectivity index (χ1n) is 4.08. The molecule has 0 aliphatic rings. The lowest BCUT2D eigenvalue weighted by molar-refractivity contribution is 0.0740. The Bertz CT molecular complexity index is 406. The fourth-order valence-corrected chi connectivity index (χ4v) is 1.59. The minimum absolute atomic E-state index is 0.320. The standard InChI is InChI=1S/C11H7O2S/c12-11(10-7-4-8-14-10)13-9-5-2-1-3-6-9/h1-2,4-8H. The fourth-order valence-electron chi connectivity index (χ4n) is 0.992. The lowest BCUT2D eigenvalue weighted by Crippen LogP contribution is -2.05. The molecule has 0 fully saturated rings. The van der Waals surface area contributed by atoms with Gasteiger partial charge in [0, 0.05) is 0 Å². The van der Waals surface area contributed by atoms with Crippen LogP contribution in [0.5, 0.6) is 5.75 Å². The number of carbonyl (C=O) groups is 1. The van der Waals surface area contributed by atoms with E-state index in [1.165, 1.54) is 11.3 Å². The minimum Gasteiger partial charge on any atom is -0.422 e. The highest BCUT2D eigenvalue weighted by atomic mass is 32.1. The van der Waals surface area contributed by atoms with Crippen molar-refractivity contribution in [3.8, 4) is 5.75 Å². The number of carbonyl (C=O) groups excluding carboxylic acids is 1. The highest BCUT2D eigenvalue weighted by molar-refractivity contribution is 7.12. The number of hydrogen-bond acceptors (Lipinski definition) is 3. The molecule has 0 saturated carbocycles. The molecule has 14 heavy (non-hydrogen) atoms. The highest BCUT2D eigenvalue weighted by Crippen LogP contribution is 2.14. The maximum Gasteiger partial charge on any atom is 0.353 e. The van der Waals surface area contributed by atoms with E-state index < -0.39 is 0 Å². The zero-order valence-electron chi connectivity index (χ0n) is 7.27. The van der Waals surface area contributed by atoms with Gasteiger partial charge in [-0.3, -0.25) is 0 Å². The van der Waals surface area contributed by atoms with Gasteiger partial charge in [0.15, 0.2) is 0 Å². The van der Waals surface area contributed by atoms with Crippen molar-refractivity contribution in [2.24, 2.45) is 0 Å². The fraction of sp³-hybridized carbons (Fsp3) is 0. The van der Waals surface area contributed by atoms with Crippen LogP contribution in [-0.2, 0) is 0 Å². The van der Waals surface area contributed by atoms with Gasteiger partial charge in [-0.05, 0) is 29.6 Å². The Balaban J connectivity index is 2.10. The summed E-state index contributed by atoms with van der Waals surface area (Å²) in [5.41, 5.74) is 0. The largest absolute Gasteiger partial charge is 0.422 e. The molecule has 1 heterocycles. The van der Waals surface area contributed by atoms with Gasteiger partial charge in [-0.15, -0.1) is 11.3 Å². The van der Waals surface area contributed by atoms with Crippen molar-refractivity contribution in [2.75, 3.05) is 0 Å². The molecule has 0 N–H and O–H groups in total. The zero-order chi connectivity index (χ0) is 9.80. The summed E-state index contributed by atoms with van der Waals surface area (Å²) in [5, 5.41) is 1.84. The number of rotatable bonds is 2. The summed E-state index contributed by atoms with van der Waals surface area (Å²) in [6.45, 7) is 0. The van der Waals surface area contributed by atoms with E-state index in [1.54, 1.807) is 30.3 Å². The monoisotopic (exact) mass is 203 g/mol. The maximum atomic E-state index is 11.4. The SMILES string of the molecule is O=C(Oc1c[c]ccc1)c1cccs1. The number of ether oxygens (including phenoxy) is 1. The van der Waals surface area contributed by atoms with Crippen LogP contribution in [0, 0.1) is 6.07 Å². The van der Waals surface area contributed by atoms with Gasteiger partial charge in [0.05, 0.1) is 0 Å². The molecule has 0 spiro atoms. The molecule has 0 bridgehead atoms. The molecule has 69 valence electrons. The van der Waals surface area contributed by atoms with Crippen molar-refractivity contribution in [2.45, 2.75) is 0 Å². The third kappa shape index (κ3) is 2.00. The Morgan fingerprint density at radius 2 is 2.29 bits per heavy atom. The van der Waals surface area contributed by atoms with Crippen LogP contribution in [0.15, 0.2) is 41.8 Å². The second kappa shape index (κ2) is 4.07. The summed E-state index contributed by atoms with van der Waals surface area (Å²) in [7, 11) is 0. The smallest absolute Gasteiger partial charge is 0.353 e. The molecule has 2 nitrogen and oxygen atoms in total. The third-order valence-electron chi connectivity index (χ3n) is 1.61. The van der Waals surface area contributed by atoms with Crippen molar-refractivity contribution in [3.63, 3.8) is 0 Å². The van der Waals surface area contributed by atoms with Gasteiger partial charge in [-0.25, -0.2) is 4.79 Å². The summed E-state index contributed by atoms with van der Waals surface area (Å²) in [5.74, 6) is 0.200. The first kappa shape index (κ1) is 8.97. The van der Waals surface area contributed by atoms with Crippen molar-refractivity contribution in [1.29, 1.82) is 0 Å². The van der Waals surface area contributed by atoms with E-state index in [-0.39, 0.29) is 5.97 Å². The Labute approximate surface area is 85.8 Å². The van der Waals surface area contributed by atoms with E-state index in [0.717, 1.165) is 0 Å². The van der Waals surface area contributed by atoms with E-state index in [4.69, 9.17) is 4.74 Å². The first-order valence-corrected chi connectivity index (χ1v) is 4.96. The van der Waals surface area contributed by atoms with Gasteiger partial charge in [-0.2, -0.15) is 0 Å². The summed E-state index contributed by atoms with van der Waals surface area (Å²) >= 11 is 1.37. The normalized spacial score (nSPS) is 9.71. The van der Waals surface area contributed by atoms with Gasteiger partial charge in [0.25, 0.3) is 0 Å². The van der Waals surface area contributed by atoms with E-state index in [2.05, 4.69) is 6.07 Å². The van der Waals surface area contributed by atoms with Gasteiger partial charge in [-0.1, -0.05) is 18.2 Å². The Morgan fingerprint density at radius 3 is 2.93 bits per heavy atom. The van der Waals surface area contributed by atoms with Crippen molar-refractivity contribution in [1.82, 2.24) is 0 Å². The minimum atomic E-state index is -0.320. The molecule has 0 atom stereocenters. The molecule has 0 unspecified atom stereocenters. The molecule has 1 radical (unpaired) electrons. The second-order valence-electron chi connectivity index (χ2n) is 2.61. The van der Waals surface area contributed by atoms with Gasteiger partial charge >= 0.3 is 5.97 Å². The lowest BCUT2D eigenvalue weighted by atomic mass is 10.3. The predicted octanol–water partition coefficient (Wildman–Crippen LogP) is 2.77. The summed E-state index contributed by atoms with van der Waals surface area (Å²) in [4.78, 5) is 12.1. The van der Waals surface area contributed by atoms with Crippen molar-refractivity contribution in [3.05, 3.63) is 52.7 Å². The van der Waals surface area contributed by atoms with E-state index in [0.29, 0.717) is 10.6 Å². The van der Waals surface area contributed by atoms with Crippen LogP contribution in [0.4, 0.5) is 0 Å². The average Bonchev–Trinajstić information content (AvgIpc) is 2.72. The van der Waals surface area contributed by atoms with Crippen molar-refractivity contribution >= 4 is 17.3 Å². The van der Waals surface area contributed by atoms with Crippen LogP contribution in [-0.4, -0.2) is 5.97 Å². The zero-order valence-corrected chi connectivity index (χ0v) is 8.08. The maximum absolute atomic E-state index is 11.4. The number of hydrogen-bond donors (Lipinski definition) is 0. The molecule has 2 aromatic rings. The van der Waals surface area contributed by atoms with E-state index in [9.17, 15) is 4.79 Å². The van der Waals surface area contributed by atoms with E-state index >= 15 is 0 Å². The molecule has 0 aliphatic carbocycles. The number of esters is 1. The molecule has 3 heteroatoms. The molecule has 1 aromatic heterocycles. The van der Waals surface area contributed by atoms with Crippen LogP contribution >= 0.6 is 11.3 Å². The molecule has 1 aromatic carbocycles. The van der Waals surface area contributed by atoms with Crippen LogP contribution in [0.3, 0.4) is 0 Å². The molecule has 2 rings (SSSR count). The average molecular weight is 203 g/mol. The van der Waals surface area contributed by atoms with Gasteiger partial charge in [0.2, 0.25) is 0 Å². The van der Waals surface area contributed by atoms with Crippen LogP contribution in [0.1, 0.15) is 9.67 Å². The third-order valence-corrected chi connectivity index (χ3v) is 2.46. The van der Waals surface area contributed by atoms with Gasteiger partial charge in [0.1, 0.15) is 10.6 Å². The van der Waals surface area contributed by atoms with Crippen LogP contribution < -0.4 is 4.74 Å². The Morgan fingerprint density at radius 1 is 1.36 bits per heavy atom. The first-order chi connectivity index (χ1) is 6.86. The van der Waals surface area contributed by atoms with Gasteiger partial charge < -0.3 is 4.74 Å². The predicted molar refractivity (Wildman–Crippen MR) is 54.6 cm³/mol. The molecule has 0 aliphatic heterocycles. The van der Waals surface area contributed by atoms with E-state index in [1.807, 2.05) is 11.4 Å². The van der Waals surface area contributed by atoms with Crippen LogP contribution in [0.25, 0.3) is 0 Å². The molecule has 0 saturated heterocycles. The summed E-state index contributed by atoms with van der Waals surface area (Å²) < 4.78 is 5.10. The second-order valence-corrected chi connectivity index (χ2v) is 3.55. The topological polar surface area (TPSA) is 26.3 Å². The number of benzene rings is 1. The van der Waals surface area contributed by atoms with Crippen molar-refractivity contribution < 1.29 is 9.53 Å². The molecule has 0 amide bonds. The van der Waals surface area contributed by atoms with Crippen LogP contribution in [0.2, 0.25) is 0 Å². The summed E-state index contributed by atoms with van der Waals surface area (Å²) in [6.07, 6.45) is 0. The highest BCUT2D eigenvalue weighted by Gasteiger charge is 2.08. The quantitative estimate of drug-likeness (QED) is 0.554. The summed E-state index contributed by atoms with van der Waals surface area (Å²) in [6, 6.07) is 13.3. The molecular formula is C11H7O2S. The number of thiophene rings is 1. The lowest BCUT2D eigenvalue weighted by Gasteiger charge is -2.00. The Kier molecular flexibility index (Phi) is 2.60.